The van der Waals surface area contributed by atoms with Crippen molar-refractivity contribution >= 4 is 18.7 Å². The van der Waals surface area contributed by atoms with Crippen LogP contribution in [-0.2, 0) is 18.6 Å². The van der Waals surface area contributed by atoms with Crippen LogP contribution in [0.3, 0.4) is 0 Å². The summed E-state index contributed by atoms with van der Waals surface area (Å²) in [6, 6.07) is 21.0. The molecule has 0 aliphatic carbocycles. The maximum Gasteiger partial charge on any atom is 0.287 e. The van der Waals surface area contributed by atoms with Crippen molar-refractivity contribution in [1.29, 1.82) is 5.26 Å². The first-order valence-corrected chi connectivity index (χ1v) is 13.8. The number of hydrogen-bond acceptors (Lipinski definition) is 5. The van der Waals surface area contributed by atoms with Gasteiger partial charge in [-0.25, -0.2) is 0 Å². The molecule has 0 aliphatic heterocycles. The molecule has 2 aromatic rings. The number of methoxy groups -OCH3 is 2. The third-order valence-electron chi connectivity index (χ3n) is 6.09. The van der Waals surface area contributed by atoms with Crippen LogP contribution in [-0.4, -0.2) is 41.0 Å². The summed E-state index contributed by atoms with van der Waals surface area (Å²) in [5, 5.41) is 11.6. The van der Waals surface area contributed by atoms with Crippen LogP contribution in [0.4, 0.5) is 0 Å². The van der Waals surface area contributed by atoms with Gasteiger partial charge < -0.3 is 18.6 Å². The number of unbranched alkanes of at least 4 members (excludes halogenated alkanes) is 1. The van der Waals surface area contributed by atoms with E-state index in [4.69, 9.17) is 18.6 Å². The van der Waals surface area contributed by atoms with Gasteiger partial charge in [0.05, 0.1) is 6.10 Å². The lowest BCUT2D eigenvalue weighted by Crippen LogP contribution is -2.68. The Bertz CT molecular complexity index is 862. The molecule has 2 rings (SSSR count). The van der Waals surface area contributed by atoms with Gasteiger partial charge in [-0.3, -0.25) is 0 Å². The Morgan fingerprint density at radius 2 is 1.47 bits per heavy atom. The summed E-state index contributed by atoms with van der Waals surface area (Å²) in [7, 11) is 0.547. The molecule has 2 aromatic carbocycles. The van der Waals surface area contributed by atoms with Crippen LogP contribution in [0.2, 0.25) is 5.04 Å². The summed E-state index contributed by atoms with van der Waals surface area (Å²) in [5.74, 6) is 0. The topological polar surface area (TPSA) is 60.7 Å². The first-order valence-electron chi connectivity index (χ1n) is 11.9. The number of nitriles is 1. The highest BCUT2D eigenvalue weighted by molar-refractivity contribution is 6.99. The molecular formula is C28H39NO4Si. The first kappa shape index (κ1) is 27.8. The van der Waals surface area contributed by atoms with Crippen LogP contribution in [0.15, 0.2) is 72.8 Å². The Labute approximate surface area is 206 Å². The molecule has 6 heteroatoms. The van der Waals surface area contributed by atoms with E-state index in [0.29, 0.717) is 0 Å². The van der Waals surface area contributed by atoms with E-state index in [1.54, 1.807) is 14.2 Å². The number of allylic oxidation sites excluding steroid dienone is 1. The van der Waals surface area contributed by atoms with Gasteiger partial charge in [0.15, 0.2) is 12.4 Å². The van der Waals surface area contributed by atoms with E-state index in [1.165, 1.54) is 10.4 Å². The average molecular weight is 482 g/mol. The zero-order valence-corrected chi connectivity index (χ0v) is 22.4. The number of ether oxygens (including phenoxy) is 3. The molecular weight excluding hydrogens is 442 g/mol. The Morgan fingerprint density at radius 1 is 0.941 bits per heavy atom. The van der Waals surface area contributed by atoms with Crippen molar-refractivity contribution in [3.05, 3.63) is 72.8 Å². The third-order valence-corrected chi connectivity index (χ3v) is 11.2. The van der Waals surface area contributed by atoms with Gasteiger partial charge in [0.25, 0.3) is 14.6 Å². The van der Waals surface area contributed by atoms with Crippen LogP contribution in [0.5, 0.6) is 0 Å². The fourth-order valence-corrected chi connectivity index (χ4v) is 9.06. The van der Waals surface area contributed by atoms with E-state index in [1.807, 2.05) is 31.4 Å². The maximum absolute atomic E-state index is 9.33. The minimum Gasteiger partial charge on any atom is -0.417 e. The molecule has 0 amide bonds. The van der Waals surface area contributed by atoms with Crippen LogP contribution >= 0.6 is 0 Å². The number of benzene rings is 2. The van der Waals surface area contributed by atoms with E-state index < -0.39 is 14.4 Å². The van der Waals surface area contributed by atoms with Gasteiger partial charge in [-0.05, 0) is 47.7 Å². The monoisotopic (exact) mass is 481 g/mol. The van der Waals surface area contributed by atoms with E-state index in [2.05, 4.69) is 75.4 Å². The van der Waals surface area contributed by atoms with Gasteiger partial charge in [0.2, 0.25) is 0 Å². The Balaban J connectivity index is 2.33. The summed E-state index contributed by atoms with van der Waals surface area (Å²) in [5.41, 5.74) is 0. The van der Waals surface area contributed by atoms with Gasteiger partial charge in [-0.1, -0.05) is 87.5 Å². The second kappa shape index (κ2) is 13.5. The van der Waals surface area contributed by atoms with Gasteiger partial charge in [0.1, 0.15) is 0 Å². The molecule has 0 saturated heterocycles. The molecule has 184 valence electrons. The standard InChI is InChI=1S/C28H39NO4Si/c1-23(26(32-22-29)20-14-9-15-21-27(30-5)31-6)33-34(28(2,3)4,24-16-10-7-11-17-24)25-18-12-8-13-19-25/h7-8,10-14,16-20,23,26-27H,9,15,21H2,1-6H3/b20-14+/t23-,26-/m1/s1. The number of rotatable bonds is 13. The van der Waals surface area contributed by atoms with E-state index in [-0.39, 0.29) is 17.4 Å². The Morgan fingerprint density at radius 3 is 1.91 bits per heavy atom. The van der Waals surface area contributed by atoms with E-state index in [0.717, 1.165) is 19.3 Å². The molecule has 0 unspecified atom stereocenters. The second-order valence-corrected chi connectivity index (χ2v) is 13.7. The largest absolute Gasteiger partial charge is 0.417 e. The van der Waals surface area contributed by atoms with Crippen molar-refractivity contribution in [1.82, 2.24) is 0 Å². The highest BCUT2D eigenvalue weighted by atomic mass is 28.4. The second-order valence-electron chi connectivity index (χ2n) is 9.42. The van der Waals surface area contributed by atoms with E-state index >= 15 is 0 Å². The third kappa shape index (κ3) is 7.03. The van der Waals surface area contributed by atoms with Gasteiger partial charge >= 0.3 is 0 Å². The van der Waals surface area contributed by atoms with Crippen LogP contribution in [0.25, 0.3) is 0 Å². The van der Waals surface area contributed by atoms with Crippen molar-refractivity contribution < 1.29 is 18.6 Å². The first-order chi connectivity index (χ1) is 16.3. The highest BCUT2D eigenvalue weighted by Crippen LogP contribution is 2.38. The molecule has 0 spiro atoms. The molecule has 0 aliphatic rings. The summed E-state index contributed by atoms with van der Waals surface area (Å²) in [6.07, 6.45) is 7.41. The molecule has 0 saturated carbocycles. The zero-order valence-electron chi connectivity index (χ0n) is 21.4. The van der Waals surface area contributed by atoms with Gasteiger partial charge in [-0.15, -0.1) is 0 Å². The molecule has 0 fully saturated rings. The fourth-order valence-electron chi connectivity index (χ4n) is 4.35. The molecule has 0 bridgehead atoms. The van der Waals surface area contributed by atoms with Crippen molar-refractivity contribution in [2.75, 3.05) is 14.2 Å². The molecule has 5 nitrogen and oxygen atoms in total. The van der Waals surface area contributed by atoms with Crippen LogP contribution in [0.1, 0.15) is 47.0 Å². The smallest absolute Gasteiger partial charge is 0.287 e. The van der Waals surface area contributed by atoms with Crippen LogP contribution < -0.4 is 10.4 Å². The number of hydrogen-bond donors (Lipinski definition) is 0. The summed E-state index contributed by atoms with van der Waals surface area (Å²) >= 11 is 0. The molecule has 0 N–H and O–H groups in total. The van der Waals surface area contributed by atoms with Crippen molar-refractivity contribution in [3.8, 4) is 6.26 Å². The van der Waals surface area contributed by atoms with Gasteiger partial charge in [-0.2, -0.15) is 5.26 Å². The fraction of sp³-hybridized carbons (Fsp3) is 0.464. The molecule has 0 heterocycles. The minimum atomic E-state index is -2.74. The zero-order chi connectivity index (χ0) is 25.0. The highest BCUT2D eigenvalue weighted by Gasteiger charge is 2.51. The molecule has 2 atom stereocenters. The quantitative estimate of drug-likeness (QED) is 0.130. The van der Waals surface area contributed by atoms with Gasteiger partial charge in [0, 0.05) is 14.2 Å². The maximum atomic E-state index is 9.33. The SMILES string of the molecule is COC(CCC/C=C/[C@@H](OC#N)[C@@H](C)O[Si](c1ccccc1)(c1ccccc1)C(C)(C)C)OC. The summed E-state index contributed by atoms with van der Waals surface area (Å²) in [4.78, 5) is 0. The minimum absolute atomic E-state index is 0.153. The predicted octanol–water partition coefficient (Wildman–Crippen LogP) is 5.16. The summed E-state index contributed by atoms with van der Waals surface area (Å²) < 4.78 is 23.1. The molecule has 0 radical (unpaired) electrons. The van der Waals surface area contributed by atoms with Crippen LogP contribution in [0, 0.1) is 11.5 Å². The Kier molecular flexibility index (Phi) is 11.0. The lowest BCUT2D eigenvalue weighted by Gasteiger charge is -2.45. The lowest BCUT2D eigenvalue weighted by molar-refractivity contribution is -0.106. The lowest BCUT2D eigenvalue weighted by atomic mass is 10.1. The normalized spacial score (nSPS) is 14.2. The molecule has 0 aromatic heterocycles. The Hall–Kier alpha value is -2.43. The number of nitrogens with zero attached hydrogens (tertiary/aromatic N) is 1. The molecule has 34 heavy (non-hydrogen) atoms. The van der Waals surface area contributed by atoms with E-state index in [9.17, 15) is 5.26 Å². The van der Waals surface area contributed by atoms with Crippen molar-refractivity contribution in [2.24, 2.45) is 0 Å². The van der Waals surface area contributed by atoms with Crippen molar-refractivity contribution in [3.63, 3.8) is 0 Å². The average Bonchev–Trinajstić information content (AvgIpc) is 2.84. The van der Waals surface area contributed by atoms with Crippen molar-refractivity contribution in [2.45, 2.75) is 70.5 Å². The summed E-state index contributed by atoms with van der Waals surface area (Å²) in [6.45, 7) is 8.72. The predicted molar refractivity (Wildman–Crippen MR) is 139 cm³/mol.